The Labute approximate surface area is 163 Å². The lowest BCUT2D eigenvalue weighted by molar-refractivity contribution is -0.117. The van der Waals surface area contributed by atoms with Crippen LogP contribution in [0.25, 0.3) is 0 Å². The van der Waals surface area contributed by atoms with Crippen LogP contribution in [0, 0.1) is 18.7 Å². The van der Waals surface area contributed by atoms with Gasteiger partial charge in [-0.1, -0.05) is 32.0 Å². The van der Waals surface area contributed by atoms with Crippen molar-refractivity contribution in [1.29, 1.82) is 0 Å². The van der Waals surface area contributed by atoms with Crippen LogP contribution < -0.4 is 10.2 Å². The Balaban J connectivity index is 1.86. The molecule has 0 bridgehead atoms. The van der Waals surface area contributed by atoms with E-state index < -0.39 is 0 Å². The summed E-state index contributed by atoms with van der Waals surface area (Å²) in [5, 5.41) is 2.66. The minimum Gasteiger partial charge on any atom is -0.326 e. The lowest BCUT2D eigenvalue weighted by Gasteiger charge is -2.25. The van der Waals surface area contributed by atoms with Crippen LogP contribution in [0.15, 0.2) is 42.5 Å². The molecule has 0 aromatic heterocycles. The minimum absolute atomic E-state index is 0.0326. The van der Waals surface area contributed by atoms with Gasteiger partial charge in [0, 0.05) is 17.8 Å². The summed E-state index contributed by atoms with van der Waals surface area (Å²) in [4.78, 5) is 26.1. The van der Waals surface area contributed by atoms with Gasteiger partial charge in [0.05, 0.1) is 5.75 Å². The number of rotatable bonds is 5. The standard InChI is InChI=1S/C21H23FN2O2S/c1-13(2)9-19(25)23-16-6-4-5-15(10-16)21-24(20(26)12-27-21)17-8-7-14(3)18(22)11-17/h4-8,10-11,13,21H,9,12H2,1-3H3,(H,23,25)/t21-/m0/s1. The van der Waals surface area contributed by atoms with Crippen molar-refractivity contribution in [3.05, 3.63) is 59.4 Å². The fourth-order valence-electron chi connectivity index (χ4n) is 3.03. The minimum atomic E-state index is -0.328. The van der Waals surface area contributed by atoms with E-state index in [4.69, 9.17) is 0 Å². The first-order valence-corrected chi connectivity index (χ1v) is 9.99. The molecule has 2 aromatic rings. The molecule has 0 radical (unpaired) electrons. The summed E-state index contributed by atoms with van der Waals surface area (Å²) in [5.74, 6) is 0.204. The van der Waals surface area contributed by atoms with Crippen LogP contribution in [0.4, 0.5) is 15.8 Å². The van der Waals surface area contributed by atoms with Gasteiger partial charge in [-0.2, -0.15) is 0 Å². The highest BCUT2D eigenvalue weighted by atomic mass is 32.2. The smallest absolute Gasteiger partial charge is 0.238 e. The van der Waals surface area contributed by atoms with Crippen LogP contribution in [-0.2, 0) is 9.59 Å². The second-order valence-corrected chi connectivity index (χ2v) is 8.20. The molecule has 1 N–H and O–H groups in total. The average Bonchev–Trinajstić information content (AvgIpc) is 2.98. The highest BCUT2D eigenvalue weighted by Gasteiger charge is 2.34. The van der Waals surface area contributed by atoms with E-state index >= 15 is 0 Å². The predicted molar refractivity (Wildman–Crippen MR) is 108 cm³/mol. The normalized spacial score (nSPS) is 16.9. The fourth-order valence-corrected chi connectivity index (χ4v) is 4.20. The van der Waals surface area contributed by atoms with Crippen molar-refractivity contribution in [3.8, 4) is 0 Å². The SMILES string of the molecule is Cc1ccc(N2C(=O)CS[C@H]2c2cccc(NC(=O)CC(C)C)c2)cc1F. The molecule has 1 aliphatic heterocycles. The molecular formula is C21H23FN2O2S. The Hall–Kier alpha value is -2.34. The van der Waals surface area contributed by atoms with Gasteiger partial charge in [0.2, 0.25) is 11.8 Å². The van der Waals surface area contributed by atoms with E-state index in [1.54, 1.807) is 24.0 Å². The molecule has 1 atom stereocenters. The van der Waals surface area contributed by atoms with Crippen LogP contribution in [0.3, 0.4) is 0 Å². The van der Waals surface area contributed by atoms with E-state index in [1.807, 2.05) is 38.1 Å². The molecule has 1 aliphatic rings. The molecular weight excluding hydrogens is 363 g/mol. The summed E-state index contributed by atoms with van der Waals surface area (Å²) < 4.78 is 14.0. The van der Waals surface area contributed by atoms with Gasteiger partial charge in [-0.25, -0.2) is 4.39 Å². The quantitative estimate of drug-likeness (QED) is 0.795. The number of thioether (sulfide) groups is 1. The molecule has 3 rings (SSSR count). The average molecular weight is 386 g/mol. The second kappa shape index (κ2) is 8.13. The van der Waals surface area contributed by atoms with Crippen LogP contribution in [0.5, 0.6) is 0 Å². The third kappa shape index (κ3) is 4.50. The van der Waals surface area contributed by atoms with Crippen LogP contribution in [0.2, 0.25) is 0 Å². The summed E-state index contributed by atoms with van der Waals surface area (Å²) >= 11 is 1.50. The lowest BCUT2D eigenvalue weighted by atomic mass is 10.1. The van der Waals surface area contributed by atoms with Gasteiger partial charge in [0.15, 0.2) is 0 Å². The Kier molecular flexibility index (Phi) is 5.85. The number of carbonyl (C=O) groups excluding carboxylic acids is 2. The molecule has 0 saturated carbocycles. The van der Waals surface area contributed by atoms with Gasteiger partial charge in [0.25, 0.3) is 0 Å². The number of anilines is 2. The highest BCUT2D eigenvalue weighted by molar-refractivity contribution is 8.00. The van der Waals surface area contributed by atoms with Crippen LogP contribution in [0.1, 0.15) is 36.8 Å². The summed E-state index contributed by atoms with van der Waals surface area (Å²) in [6.45, 7) is 5.69. The zero-order valence-corrected chi connectivity index (χ0v) is 16.5. The largest absolute Gasteiger partial charge is 0.326 e. The lowest BCUT2D eigenvalue weighted by Crippen LogP contribution is -2.28. The number of nitrogens with zero attached hydrogens (tertiary/aromatic N) is 1. The van der Waals surface area contributed by atoms with Crippen LogP contribution >= 0.6 is 11.8 Å². The molecule has 4 nitrogen and oxygen atoms in total. The van der Waals surface area contributed by atoms with Crippen molar-refractivity contribution in [1.82, 2.24) is 0 Å². The van der Waals surface area contributed by atoms with Crippen molar-refractivity contribution in [2.45, 2.75) is 32.6 Å². The van der Waals surface area contributed by atoms with E-state index in [2.05, 4.69) is 5.32 Å². The van der Waals surface area contributed by atoms with E-state index in [9.17, 15) is 14.0 Å². The van der Waals surface area contributed by atoms with E-state index in [0.29, 0.717) is 29.1 Å². The summed E-state index contributed by atoms with van der Waals surface area (Å²) in [7, 11) is 0. The highest BCUT2D eigenvalue weighted by Crippen LogP contribution is 2.42. The van der Waals surface area contributed by atoms with Gasteiger partial charge < -0.3 is 5.32 Å². The van der Waals surface area contributed by atoms with Gasteiger partial charge in [-0.3, -0.25) is 14.5 Å². The van der Waals surface area contributed by atoms with Crippen molar-refractivity contribution in [2.24, 2.45) is 5.92 Å². The molecule has 0 spiro atoms. The molecule has 142 valence electrons. The van der Waals surface area contributed by atoms with E-state index in [-0.39, 0.29) is 28.9 Å². The molecule has 1 heterocycles. The Morgan fingerprint density at radius 2 is 2.07 bits per heavy atom. The summed E-state index contributed by atoms with van der Waals surface area (Å²) in [6, 6.07) is 12.3. The molecule has 2 aromatic carbocycles. The molecule has 27 heavy (non-hydrogen) atoms. The van der Waals surface area contributed by atoms with Crippen LogP contribution in [-0.4, -0.2) is 17.6 Å². The van der Waals surface area contributed by atoms with E-state index in [0.717, 1.165) is 5.56 Å². The van der Waals surface area contributed by atoms with Gasteiger partial charge >= 0.3 is 0 Å². The number of nitrogens with one attached hydrogen (secondary N) is 1. The first-order valence-electron chi connectivity index (χ1n) is 8.95. The zero-order valence-electron chi connectivity index (χ0n) is 15.7. The monoisotopic (exact) mass is 386 g/mol. The van der Waals surface area contributed by atoms with Crippen molar-refractivity contribution >= 4 is 35.0 Å². The third-order valence-corrected chi connectivity index (χ3v) is 5.56. The molecule has 6 heteroatoms. The second-order valence-electron chi connectivity index (χ2n) is 7.13. The molecule has 1 saturated heterocycles. The number of benzene rings is 2. The summed E-state index contributed by atoms with van der Waals surface area (Å²) in [5.41, 5.74) is 2.69. The zero-order chi connectivity index (χ0) is 19.6. The van der Waals surface area contributed by atoms with Gasteiger partial charge in [-0.15, -0.1) is 11.8 Å². The number of carbonyl (C=O) groups is 2. The molecule has 2 amide bonds. The Morgan fingerprint density at radius 1 is 1.30 bits per heavy atom. The van der Waals surface area contributed by atoms with Crippen molar-refractivity contribution < 1.29 is 14.0 Å². The van der Waals surface area contributed by atoms with Gasteiger partial charge in [0.1, 0.15) is 11.2 Å². The number of hydrogen-bond acceptors (Lipinski definition) is 3. The number of hydrogen-bond donors (Lipinski definition) is 1. The van der Waals surface area contributed by atoms with E-state index in [1.165, 1.54) is 17.8 Å². The number of amides is 2. The molecule has 1 fully saturated rings. The maximum absolute atomic E-state index is 14.0. The van der Waals surface area contributed by atoms with Crippen molar-refractivity contribution in [3.63, 3.8) is 0 Å². The first kappa shape index (κ1) is 19.4. The number of aryl methyl sites for hydroxylation is 1. The Morgan fingerprint density at radius 3 is 2.78 bits per heavy atom. The maximum atomic E-state index is 14.0. The van der Waals surface area contributed by atoms with Gasteiger partial charge in [-0.05, 0) is 48.2 Å². The third-order valence-electron chi connectivity index (χ3n) is 4.35. The fraction of sp³-hybridized carbons (Fsp3) is 0.333. The predicted octanol–water partition coefficient (Wildman–Crippen LogP) is 4.90. The molecule has 0 unspecified atom stereocenters. The number of halogens is 1. The topological polar surface area (TPSA) is 49.4 Å². The summed E-state index contributed by atoms with van der Waals surface area (Å²) in [6.07, 6.45) is 0.454. The first-order chi connectivity index (χ1) is 12.8. The molecule has 0 aliphatic carbocycles. The Bertz CT molecular complexity index is 869. The van der Waals surface area contributed by atoms with Crippen molar-refractivity contribution in [2.75, 3.05) is 16.0 Å². The maximum Gasteiger partial charge on any atom is 0.238 e.